The van der Waals surface area contributed by atoms with Gasteiger partial charge in [0, 0.05) is 6.42 Å². The molecular formula is C23H27N3O6S. The number of rotatable bonds is 6. The summed E-state index contributed by atoms with van der Waals surface area (Å²) in [6.45, 7) is 4.07. The summed E-state index contributed by atoms with van der Waals surface area (Å²) in [5.41, 5.74) is 4.75. The number of hydrazine groups is 1. The predicted octanol–water partition coefficient (Wildman–Crippen LogP) is 3.39. The standard InChI is InChI=1S/C23H27N3O6S/c1-3-30-17-11-13-33-20(17)21(28)24-25-22(29)31-14-16-19(15-8-5-4-6-9-15)32-23(2)12-7-10-18(27)26(16)23/h4-6,8-9,11,13,16,19H,3,7,10,12,14H2,1-2H3,(H,24,28)(H,25,29). The Morgan fingerprint density at radius 2 is 2.03 bits per heavy atom. The van der Waals surface area contributed by atoms with Gasteiger partial charge in [-0.2, -0.15) is 0 Å². The first kappa shape index (κ1) is 23.1. The zero-order valence-electron chi connectivity index (χ0n) is 18.5. The van der Waals surface area contributed by atoms with Crippen LogP contribution < -0.4 is 15.6 Å². The molecule has 4 rings (SSSR count). The molecule has 0 spiro atoms. The molecule has 0 radical (unpaired) electrons. The minimum absolute atomic E-state index is 0.0226. The van der Waals surface area contributed by atoms with Crippen LogP contribution in [-0.4, -0.2) is 47.8 Å². The zero-order chi connectivity index (χ0) is 23.4. The largest absolute Gasteiger partial charge is 0.492 e. The van der Waals surface area contributed by atoms with Crippen LogP contribution in [0.25, 0.3) is 0 Å². The van der Waals surface area contributed by atoms with Gasteiger partial charge in [-0.15, -0.1) is 11.3 Å². The lowest BCUT2D eigenvalue weighted by Gasteiger charge is -2.39. The van der Waals surface area contributed by atoms with E-state index >= 15 is 0 Å². The van der Waals surface area contributed by atoms with Crippen LogP contribution in [0.2, 0.25) is 0 Å². The third-order valence-electron chi connectivity index (χ3n) is 5.80. The topological polar surface area (TPSA) is 106 Å². The predicted molar refractivity (Wildman–Crippen MR) is 121 cm³/mol. The molecule has 33 heavy (non-hydrogen) atoms. The van der Waals surface area contributed by atoms with Crippen molar-refractivity contribution in [3.63, 3.8) is 0 Å². The van der Waals surface area contributed by atoms with Gasteiger partial charge >= 0.3 is 6.09 Å². The highest BCUT2D eigenvalue weighted by atomic mass is 32.1. The number of nitrogens with zero attached hydrogens (tertiary/aromatic N) is 1. The molecule has 10 heteroatoms. The van der Waals surface area contributed by atoms with Crippen LogP contribution in [0, 0.1) is 0 Å². The van der Waals surface area contributed by atoms with E-state index in [4.69, 9.17) is 14.2 Å². The number of carbonyl (C=O) groups excluding carboxylic acids is 3. The van der Waals surface area contributed by atoms with E-state index < -0.39 is 29.9 Å². The van der Waals surface area contributed by atoms with Gasteiger partial charge < -0.3 is 19.1 Å². The molecular weight excluding hydrogens is 446 g/mol. The lowest BCUT2D eigenvalue weighted by atomic mass is 9.97. The number of amides is 3. The molecule has 2 aliphatic heterocycles. The second-order valence-electron chi connectivity index (χ2n) is 8.03. The summed E-state index contributed by atoms with van der Waals surface area (Å²) in [4.78, 5) is 39.5. The highest BCUT2D eigenvalue weighted by molar-refractivity contribution is 7.12. The number of hydrogen-bond acceptors (Lipinski definition) is 7. The highest BCUT2D eigenvalue weighted by Gasteiger charge is 2.54. The summed E-state index contributed by atoms with van der Waals surface area (Å²) >= 11 is 1.20. The Morgan fingerprint density at radius 3 is 2.79 bits per heavy atom. The smallest absolute Gasteiger partial charge is 0.426 e. The number of benzene rings is 1. The van der Waals surface area contributed by atoms with Crippen molar-refractivity contribution < 1.29 is 28.6 Å². The van der Waals surface area contributed by atoms with E-state index in [1.807, 2.05) is 44.2 Å². The number of hydrogen-bond donors (Lipinski definition) is 2. The molecule has 2 fully saturated rings. The second kappa shape index (κ2) is 9.80. The van der Waals surface area contributed by atoms with Crippen molar-refractivity contribution in [1.82, 2.24) is 15.8 Å². The summed E-state index contributed by atoms with van der Waals surface area (Å²) < 4.78 is 17.1. The summed E-state index contributed by atoms with van der Waals surface area (Å²) in [7, 11) is 0. The Hall–Kier alpha value is -3.11. The normalized spacial score (nSPS) is 24.2. The summed E-state index contributed by atoms with van der Waals surface area (Å²) in [6.07, 6.45) is 0.634. The van der Waals surface area contributed by atoms with Crippen LogP contribution >= 0.6 is 11.3 Å². The molecule has 0 saturated carbocycles. The van der Waals surface area contributed by atoms with Crippen LogP contribution in [0.1, 0.15) is 54.4 Å². The zero-order valence-corrected chi connectivity index (χ0v) is 19.4. The van der Waals surface area contributed by atoms with E-state index in [0.29, 0.717) is 30.1 Å². The molecule has 3 amide bonds. The second-order valence-corrected chi connectivity index (χ2v) is 8.95. The third-order valence-corrected chi connectivity index (χ3v) is 6.69. The van der Waals surface area contributed by atoms with E-state index in [9.17, 15) is 14.4 Å². The molecule has 0 aliphatic carbocycles. The number of ether oxygens (including phenoxy) is 3. The molecule has 3 heterocycles. The SMILES string of the molecule is CCOc1ccsc1C(=O)NNC(=O)OCC1C(c2ccccc2)OC2(C)CCCC(=O)N12. The Kier molecular flexibility index (Phi) is 6.85. The first-order chi connectivity index (χ1) is 15.9. The quantitative estimate of drug-likeness (QED) is 0.623. The summed E-state index contributed by atoms with van der Waals surface area (Å²) in [6, 6.07) is 10.8. The van der Waals surface area contributed by atoms with Crippen LogP contribution in [0.15, 0.2) is 41.8 Å². The molecule has 2 aromatic rings. The van der Waals surface area contributed by atoms with Gasteiger partial charge in [-0.05, 0) is 43.7 Å². The number of nitrogens with one attached hydrogen (secondary N) is 2. The first-order valence-electron chi connectivity index (χ1n) is 10.9. The number of fused-ring (bicyclic) bond motifs is 1. The van der Waals surface area contributed by atoms with Crippen molar-refractivity contribution in [1.29, 1.82) is 0 Å². The van der Waals surface area contributed by atoms with Gasteiger partial charge in [0.25, 0.3) is 5.91 Å². The monoisotopic (exact) mass is 473 g/mol. The molecule has 0 bridgehead atoms. The van der Waals surface area contributed by atoms with E-state index in [0.717, 1.165) is 12.0 Å². The summed E-state index contributed by atoms with van der Waals surface area (Å²) in [5, 5.41) is 1.73. The number of thiophene rings is 1. The fourth-order valence-electron chi connectivity index (χ4n) is 4.40. The van der Waals surface area contributed by atoms with E-state index in [-0.39, 0.29) is 12.5 Å². The molecule has 2 aliphatic rings. The van der Waals surface area contributed by atoms with Crippen LogP contribution in [0.5, 0.6) is 5.75 Å². The Balaban J connectivity index is 1.40. The Morgan fingerprint density at radius 1 is 1.24 bits per heavy atom. The van der Waals surface area contributed by atoms with Crippen LogP contribution in [0.3, 0.4) is 0 Å². The maximum atomic E-state index is 12.8. The van der Waals surface area contributed by atoms with Gasteiger partial charge in [0.1, 0.15) is 29.1 Å². The van der Waals surface area contributed by atoms with Crippen molar-refractivity contribution in [2.75, 3.05) is 13.2 Å². The van der Waals surface area contributed by atoms with E-state index in [1.165, 1.54) is 11.3 Å². The van der Waals surface area contributed by atoms with Gasteiger partial charge in [-0.1, -0.05) is 30.3 Å². The van der Waals surface area contributed by atoms with Crippen molar-refractivity contribution in [2.24, 2.45) is 0 Å². The third kappa shape index (κ3) is 4.81. The van der Waals surface area contributed by atoms with Crippen molar-refractivity contribution >= 4 is 29.2 Å². The minimum Gasteiger partial charge on any atom is -0.492 e. The van der Waals surface area contributed by atoms with E-state index in [2.05, 4.69) is 10.9 Å². The molecule has 3 atom stereocenters. The molecule has 1 aromatic carbocycles. The fraction of sp³-hybridized carbons (Fsp3) is 0.435. The average molecular weight is 474 g/mol. The van der Waals surface area contributed by atoms with Crippen molar-refractivity contribution in [3.8, 4) is 5.75 Å². The van der Waals surface area contributed by atoms with E-state index in [1.54, 1.807) is 16.3 Å². The van der Waals surface area contributed by atoms with Crippen LogP contribution in [0.4, 0.5) is 4.79 Å². The van der Waals surface area contributed by atoms with Crippen molar-refractivity contribution in [3.05, 3.63) is 52.2 Å². The lowest BCUT2D eigenvalue weighted by Crippen LogP contribution is -2.54. The Bertz CT molecular complexity index is 1010. The highest BCUT2D eigenvalue weighted by Crippen LogP contribution is 2.46. The minimum atomic E-state index is -0.831. The molecule has 9 nitrogen and oxygen atoms in total. The van der Waals surface area contributed by atoms with Gasteiger partial charge in [0.15, 0.2) is 0 Å². The maximum Gasteiger partial charge on any atom is 0.426 e. The molecule has 1 aromatic heterocycles. The number of piperidine rings is 1. The average Bonchev–Trinajstić information content (AvgIpc) is 3.39. The molecule has 3 unspecified atom stereocenters. The lowest BCUT2D eigenvalue weighted by molar-refractivity contribution is -0.159. The summed E-state index contributed by atoms with van der Waals surface area (Å²) in [5.74, 6) is -0.0759. The molecule has 2 N–H and O–H groups in total. The van der Waals surface area contributed by atoms with Gasteiger partial charge in [0.2, 0.25) is 5.91 Å². The van der Waals surface area contributed by atoms with Gasteiger partial charge in [-0.3, -0.25) is 15.0 Å². The first-order valence-corrected chi connectivity index (χ1v) is 11.8. The Labute approximate surface area is 196 Å². The molecule has 176 valence electrons. The fourth-order valence-corrected chi connectivity index (χ4v) is 5.13. The van der Waals surface area contributed by atoms with Crippen molar-refractivity contribution in [2.45, 2.75) is 51.0 Å². The van der Waals surface area contributed by atoms with Gasteiger partial charge in [0.05, 0.1) is 12.6 Å². The van der Waals surface area contributed by atoms with Gasteiger partial charge in [-0.25, -0.2) is 10.2 Å². The van der Waals surface area contributed by atoms with Crippen LogP contribution in [-0.2, 0) is 14.3 Å². The molecule has 2 saturated heterocycles. The maximum absolute atomic E-state index is 12.8. The number of carbonyl (C=O) groups is 3.